The lowest BCUT2D eigenvalue weighted by atomic mass is 9.82. The van der Waals surface area contributed by atoms with Gasteiger partial charge in [0.1, 0.15) is 18.1 Å². The van der Waals surface area contributed by atoms with E-state index in [4.69, 9.17) is 9.47 Å². The Morgan fingerprint density at radius 3 is 2.57 bits per heavy atom. The first-order valence-corrected chi connectivity index (χ1v) is 8.67. The summed E-state index contributed by atoms with van der Waals surface area (Å²) in [7, 11) is 1.35. The van der Waals surface area contributed by atoms with E-state index in [0.29, 0.717) is 12.0 Å². The molecule has 1 aliphatic rings. The van der Waals surface area contributed by atoms with Crippen LogP contribution in [-0.4, -0.2) is 39.9 Å². The van der Waals surface area contributed by atoms with Crippen molar-refractivity contribution in [3.05, 3.63) is 52.6 Å². The highest BCUT2D eigenvalue weighted by molar-refractivity contribution is 6.06. The average molecular weight is 386 g/mol. The molecule has 0 radical (unpaired) electrons. The number of aromatic hydroxyl groups is 3. The zero-order chi connectivity index (χ0) is 20.6. The van der Waals surface area contributed by atoms with Crippen molar-refractivity contribution in [2.45, 2.75) is 25.9 Å². The molecule has 0 unspecified atom stereocenters. The lowest BCUT2D eigenvalue weighted by molar-refractivity contribution is -0.00653. The van der Waals surface area contributed by atoms with E-state index in [1.54, 1.807) is 0 Å². The van der Waals surface area contributed by atoms with Crippen LogP contribution in [-0.2, 0) is 12.0 Å². The van der Waals surface area contributed by atoms with Gasteiger partial charge in [-0.25, -0.2) is 0 Å². The smallest absolute Gasteiger partial charge is 0.206 e. The molecule has 2 aromatic rings. The number of benzene rings is 2. The molecule has 0 aliphatic carbocycles. The van der Waals surface area contributed by atoms with Crippen molar-refractivity contribution < 1.29 is 34.7 Å². The molecule has 0 amide bonds. The molecule has 0 bridgehead atoms. The fourth-order valence-electron chi connectivity index (χ4n) is 3.19. The van der Waals surface area contributed by atoms with Crippen LogP contribution in [0.3, 0.4) is 0 Å². The highest BCUT2D eigenvalue weighted by Gasteiger charge is 2.47. The highest BCUT2D eigenvalue weighted by Crippen LogP contribution is 2.47. The predicted molar refractivity (Wildman–Crippen MR) is 101 cm³/mol. The summed E-state index contributed by atoms with van der Waals surface area (Å²) in [5.74, 6) is -1.80. The number of hydrogen-bond acceptors (Lipinski definition) is 7. The summed E-state index contributed by atoms with van der Waals surface area (Å²) in [5, 5.41) is 41.6. The molecule has 1 atom stereocenters. The number of phenols is 3. The van der Waals surface area contributed by atoms with E-state index >= 15 is 0 Å². The summed E-state index contributed by atoms with van der Waals surface area (Å²) >= 11 is 0. The van der Waals surface area contributed by atoms with Crippen molar-refractivity contribution in [3.63, 3.8) is 0 Å². The van der Waals surface area contributed by atoms with Crippen LogP contribution in [0.25, 0.3) is 0 Å². The number of carbonyl (C=O) groups is 1. The number of ketones is 1. The summed E-state index contributed by atoms with van der Waals surface area (Å²) in [5.41, 5.74) is -0.802. The average Bonchev–Trinajstić information content (AvgIpc) is 2.65. The minimum absolute atomic E-state index is 0.0621. The fraction of sp³-hybridized carbons (Fsp3) is 0.286. The van der Waals surface area contributed by atoms with Crippen molar-refractivity contribution in [1.29, 1.82) is 0 Å². The molecule has 3 rings (SSSR count). The summed E-state index contributed by atoms with van der Waals surface area (Å²) in [4.78, 5) is 13.0. The maximum atomic E-state index is 13.0. The monoisotopic (exact) mass is 386 g/mol. The molecule has 0 spiro atoms. The van der Waals surface area contributed by atoms with Crippen LogP contribution in [0.4, 0.5) is 0 Å². The van der Waals surface area contributed by atoms with Crippen LogP contribution >= 0.6 is 0 Å². The largest absolute Gasteiger partial charge is 0.508 e. The molecule has 0 fully saturated rings. The van der Waals surface area contributed by atoms with Gasteiger partial charge in [0.05, 0.1) is 12.7 Å². The van der Waals surface area contributed by atoms with Gasteiger partial charge in [-0.1, -0.05) is 11.6 Å². The third-order valence-corrected chi connectivity index (χ3v) is 4.71. The molecule has 0 aromatic heterocycles. The van der Waals surface area contributed by atoms with Gasteiger partial charge in [0, 0.05) is 17.2 Å². The van der Waals surface area contributed by atoms with Crippen LogP contribution in [0.1, 0.15) is 35.3 Å². The van der Waals surface area contributed by atoms with Crippen LogP contribution in [0.5, 0.6) is 28.7 Å². The molecule has 0 saturated heterocycles. The van der Waals surface area contributed by atoms with Crippen molar-refractivity contribution >= 4 is 5.78 Å². The molecule has 2 aromatic carbocycles. The number of allylic oxidation sites excluding steroid dienone is 2. The van der Waals surface area contributed by atoms with E-state index in [-0.39, 0.29) is 28.4 Å². The summed E-state index contributed by atoms with van der Waals surface area (Å²) in [6.07, 6.45) is 2.25. The number of phenolic OH excluding ortho intramolecular Hbond substituents is 3. The molecule has 28 heavy (non-hydrogen) atoms. The molecule has 148 valence electrons. The van der Waals surface area contributed by atoms with Gasteiger partial charge in [0.2, 0.25) is 11.5 Å². The maximum Gasteiger partial charge on any atom is 0.206 e. The van der Waals surface area contributed by atoms with Gasteiger partial charge >= 0.3 is 0 Å². The first kappa shape index (κ1) is 19.6. The van der Waals surface area contributed by atoms with E-state index < -0.39 is 29.5 Å². The number of carbonyl (C=O) groups excluding carboxylic acids is 1. The van der Waals surface area contributed by atoms with E-state index in [1.807, 2.05) is 19.9 Å². The lowest BCUT2D eigenvalue weighted by Gasteiger charge is -2.33. The topological polar surface area (TPSA) is 116 Å². The summed E-state index contributed by atoms with van der Waals surface area (Å²) in [6, 6.07) is 5.34. The van der Waals surface area contributed by atoms with Crippen molar-refractivity contribution in [1.82, 2.24) is 0 Å². The maximum absolute atomic E-state index is 13.0. The first-order chi connectivity index (χ1) is 13.2. The molecular formula is C21H22O7. The van der Waals surface area contributed by atoms with Crippen LogP contribution in [0, 0.1) is 0 Å². The Morgan fingerprint density at radius 2 is 1.93 bits per heavy atom. The summed E-state index contributed by atoms with van der Waals surface area (Å²) < 4.78 is 10.7. The fourth-order valence-corrected chi connectivity index (χ4v) is 3.19. The number of hydrogen-bond donors (Lipinski definition) is 4. The second-order valence-corrected chi connectivity index (χ2v) is 6.96. The Hall–Kier alpha value is -3.19. The zero-order valence-corrected chi connectivity index (χ0v) is 15.8. The van der Waals surface area contributed by atoms with Crippen molar-refractivity contribution in [3.8, 4) is 28.7 Å². The first-order valence-electron chi connectivity index (χ1n) is 8.67. The SMILES string of the molecule is COc1c(CC=C(C)C)cc([C@]2(O)COc3cc(O)ccc3C2=O)c(O)c1O. The Kier molecular flexibility index (Phi) is 4.95. The van der Waals surface area contributed by atoms with Crippen LogP contribution in [0.2, 0.25) is 0 Å². The Labute approximate surface area is 162 Å². The zero-order valence-electron chi connectivity index (χ0n) is 15.8. The van der Waals surface area contributed by atoms with Crippen molar-refractivity contribution in [2.24, 2.45) is 0 Å². The van der Waals surface area contributed by atoms with Crippen LogP contribution in [0.15, 0.2) is 35.9 Å². The Morgan fingerprint density at radius 1 is 1.21 bits per heavy atom. The minimum atomic E-state index is -2.21. The molecule has 4 N–H and O–H groups in total. The van der Waals surface area contributed by atoms with E-state index in [9.17, 15) is 25.2 Å². The van der Waals surface area contributed by atoms with Gasteiger partial charge in [0.15, 0.2) is 17.1 Å². The summed E-state index contributed by atoms with van der Waals surface area (Å²) in [6.45, 7) is 3.34. The molecule has 7 nitrogen and oxygen atoms in total. The van der Waals surface area contributed by atoms with Gasteiger partial charge in [-0.3, -0.25) is 4.79 Å². The number of aliphatic hydroxyl groups is 1. The minimum Gasteiger partial charge on any atom is -0.508 e. The van der Waals surface area contributed by atoms with E-state index in [1.165, 1.54) is 31.4 Å². The lowest BCUT2D eigenvalue weighted by Crippen LogP contribution is -2.45. The molecule has 1 aliphatic heterocycles. The molecule has 0 saturated carbocycles. The Bertz CT molecular complexity index is 973. The molecule has 7 heteroatoms. The number of ether oxygens (including phenoxy) is 2. The van der Waals surface area contributed by atoms with Crippen LogP contribution < -0.4 is 9.47 Å². The normalized spacial score (nSPS) is 18.2. The molecular weight excluding hydrogens is 364 g/mol. The number of Topliss-reactive ketones (excluding diaryl/α,β-unsaturated/α-hetero) is 1. The van der Waals surface area contributed by atoms with Gasteiger partial charge in [0.25, 0.3) is 0 Å². The Balaban J connectivity index is 2.16. The predicted octanol–water partition coefficient (Wildman–Crippen LogP) is 2.78. The second-order valence-electron chi connectivity index (χ2n) is 6.96. The third-order valence-electron chi connectivity index (χ3n) is 4.71. The van der Waals surface area contributed by atoms with Gasteiger partial charge in [-0.2, -0.15) is 0 Å². The molecule has 1 heterocycles. The number of rotatable bonds is 4. The van der Waals surface area contributed by atoms with E-state index in [2.05, 4.69) is 0 Å². The van der Waals surface area contributed by atoms with Gasteiger partial charge < -0.3 is 29.9 Å². The second kappa shape index (κ2) is 7.09. The van der Waals surface area contributed by atoms with Crippen molar-refractivity contribution in [2.75, 3.05) is 13.7 Å². The quantitative estimate of drug-likeness (QED) is 0.472. The number of fused-ring (bicyclic) bond motifs is 1. The highest BCUT2D eigenvalue weighted by atomic mass is 16.5. The standard InChI is InChI=1S/C21H22O7/c1-11(2)4-5-12-8-15(17(23)18(24)19(12)27-3)21(26)10-28-16-9-13(22)6-7-14(16)20(21)25/h4,6-9,22-24,26H,5,10H2,1-3H3/t21-/m1/s1. The van der Waals surface area contributed by atoms with E-state index in [0.717, 1.165) is 5.57 Å². The van der Waals surface area contributed by atoms with Gasteiger partial charge in [-0.05, 0) is 38.5 Å². The third kappa shape index (κ3) is 3.14. The van der Waals surface area contributed by atoms with Gasteiger partial charge in [-0.15, -0.1) is 0 Å². The number of methoxy groups -OCH3 is 1.